The molecule has 138 valence electrons. The Morgan fingerprint density at radius 2 is 1.79 bits per heavy atom. The van der Waals surface area contributed by atoms with Crippen molar-refractivity contribution < 1.29 is 9.53 Å². The zero-order valence-electron chi connectivity index (χ0n) is 17.2. The van der Waals surface area contributed by atoms with Crippen LogP contribution in [0.1, 0.15) is 61.3 Å². The van der Waals surface area contributed by atoms with Gasteiger partial charge in [-0.05, 0) is 67.8 Å². The van der Waals surface area contributed by atoms with Gasteiger partial charge in [-0.2, -0.15) is 0 Å². The van der Waals surface area contributed by atoms with E-state index in [1.54, 1.807) is 0 Å². The first kappa shape index (κ1) is 19.9. The van der Waals surface area contributed by atoms with Gasteiger partial charge in [-0.25, -0.2) is 0 Å². The lowest BCUT2D eigenvalue weighted by atomic mass is 9.64. The Morgan fingerprint density at radius 3 is 2.29 bits per heavy atom. The molecule has 0 heterocycles. The van der Waals surface area contributed by atoms with Crippen molar-refractivity contribution in [2.75, 3.05) is 0 Å². The number of hydrogen-bond donors (Lipinski definition) is 1. The molecule has 0 bridgehead atoms. The first-order chi connectivity index (χ1) is 10.9. The summed E-state index contributed by atoms with van der Waals surface area (Å²) in [6.45, 7) is 20.6. The van der Waals surface area contributed by atoms with Gasteiger partial charge in [0.2, 0.25) is 0 Å². The molecule has 0 fully saturated rings. The molecular weight excluding hydrogens is 312 g/mol. The quantitative estimate of drug-likeness (QED) is 0.523. The summed E-state index contributed by atoms with van der Waals surface area (Å²) < 4.78 is 6.94. The fourth-order valence-corrected chi connectivity index (χ4v) is 5.36. The third-order valence-electron chi connectivity index (χ3n) is 6.87. The lowest BCUT2D eigenvalue weighted by Crippen LogP contribution is -2.50. The molecule has 0 aromatic rings. The van der Waals surface area contributed by atoms with E-state index in [1.165, 1.54) is 16.7 Å². The number of allylic oxidation sites excluding steroid dienone is 1. The summed E-state index contributed by atoms with van der Waals surface area (Å²) in [4.78, 5) is 0. The van der Waals surface area contributed by atoms with Gasteiger partial charge < -0.3 is 9.53 Å². The molecule has 24 heavy (non-hydrogen) atoms. The van der Waals surface area contributed by atoms with Gasteiger partial charge in [-0.3, -0.25) is 0 Å². The fraction of sp³-hybridized carbons (Fsp3) is 0.810. The highest BCUT2D eigenvalue weighted by molar-refractivity contribution is 6.74. The molecule has 0 saturated carbocycles. The van der Waals surface area contributed by atoms with E-state index in [4.69, 9.17) is 4.43 Å². The van der Waals surface area contributed by atoms with E-state index in [2.05, 4.69) is 67.6 Å². The van der Waals surface area contributed by atoms with Gasteiger partial charge in [0.05, 0.1) is 12.2 Å². The Labute approximate surface area is 150 Å². The molecule has 1 unspecified atom stereocenters. The minimum Gasteiger partial charge on any atom is -0.410 e. The number of fused-ring (bicyclic) bond motifs is 1. The molecule has 0 saturated heterocycles. The van der Waals surface area contributed by atoms with Crippen molar-refractivity contribution in [3.63, 3.8) is 0 Å². The van der Waals surface area contributed by atoms with Gasteiger partial charge in [0.15, 0.2) is 8.32 Å². The SMILES string of the molecule is CC1=CCC2=C(C)[C@@H](O)C[C@@H](C(C)C)C2[C@@H]1O[Si](C)(C)C(C)(C)C. The number of aliphatic hydroxyl groups is 1. The third kappa shape index (κ3) is 3.59. The Balaban J connectivity index is 2.46. The van der Waals surface area contributed by atoms with Crippen LogP contribution in [0.4, 0.5) is 0 Å². The summed E-state index contributed by atoms with van der Waals surface area (Å²) in [7, 11) is -1.84. The molecule has 0 aromatic carbocycles. The predicted molar refractivity (Wildman–Crippen MR) is 106 cm³/mol. The van der Waals surface area contributed by atoms with E-state index in [1.807, 2.05) is 0 Å². The van der Waals surface area contributed by atoms with Crippen LogP contribution in [0, 0.1) is 17.8 Å². The van der Waals surface area contributed by atoms with Crippen LogP contribution in [0.5, 0.6) is 0 Å². The number of aliphatic hydroxyl groups excluding tert-OH is 1. The van der Waals surface area contributed by atoms with Crippen LogP contribution in [-0.2, 0) is 4.43 Å². The smallest absolute Gasteiger partial charge is 0.192 e. The van der Waals surface area contributed by atoms with E-state index >= 15 is 0 Å². The van der Waals surface area contributed by atoms with Crippen LogP contribution in [0.25, 0.3) is 0 Å². The van der Waals surface area contributed by atoms with Crippen LogP contribution >= 0.6 is 0 Å². The van der Waals surface area contributed by atoms with Gasteiger partial charge in [0, 0.05) is 5.92 Å². The second-order valence-corrected chi connectivity index (χ2v) is 14.6. The highest BCUT2D eigenvalue weighted by Gasteiger charge is 2.47. The standard InChI is InChI=1S/C21H38O2Si/c1-13(2)17-12-18(22)15(4)16-11-10-14(3)20(19(16)17)23-24(8,9)21(5,6)7/h10,13,17-20,22H,11-12H2,1-9H3/t17-,18-,19?,20+/m0/s1. The van der Waals surface area contributed by atoms with E-state index in [-0.39, 0.29) is 17.2 Å². The van der Waals surface area contributed by atoms with Crippen molar-refractivity contribution in [3.8, 4) is 0 Å². The molecule has 0 radical (unpaired) electrons. The van der Waals surface area contributed by atoms with Crippen molar-refractivity contribution in [3.05, 3.63) is 22.8 Å². The molecule has 2 nitrogen and oxygen atoms in total. The van der Waals surface area contributed by atoms with Gasteiger partial charge in [0.1, 0.15) is 0 Å². The second kappa shape index (κ2) is 6.73. The molecule has 2 aliphatic carbocycles. The van der Waals surface area contributed by atoms with Crippen LogP contribution < -0.4 is 0 Å². The summed E-state index contributed by atoms with van der Waals surface area (Å²) >= 11 is 0. The third-order valence-corrected chi connectivity index (χ3v) is 11.3. The first-order valence-electron chi connectivity index (χ1n) is 9.59. The van der Waals surface area contributed by atoms with Gasteiger partial charge >= 0.3 is 0 Å². The molecular formula is C21H38O2Si. The van der Waals surface area contributed by atoms with Crippen molar-refractivity contribution in [1.82, 2.24) is 0 Å². The lowest BCUT2D eigenvalue weighted by Gasteiger charge is -2.49. The Hall–Kier alpha value is -0.383. The first-order valence-corrected chi connectivity index (χ1v) is 12.5. The lowest BCUT2D eigenvalue weighted by molar-refractivity contribution is 0.0568. The Kier molecular flexibility index (Phi) is 5.59. The zero-order valence-corrected chi connectivity index (χ0v) is 18.2. The molecule has 2 rings (SSSR count). The van der Waals surface area contributed by atoms with Gasteiger partial charge in [-0.1, -0.05) is 46.3 Å². The van der Waals surface area contributed by atoms with Crippen molar-refractivity contribution in [1.29, 1.82) is 0 Å². The zero-order chi connectivity index (χ0) is 18.4. The predicted octanol–water partition coefficient (Wildman–Crippen LogP) is 5.70. The summed E-state index contributed by atoms with van der Waals surface area (Å²) in [6, 6.07) is 0. The minimum absolute atomic E-state index is 0.185. The number of rotatable bonds is 3. The maximum Gasteiger partial charge on any atom is 0.192 e. The molecule has 2 aliphatic rings. The molecule has 4 atom stereocenters. The van der Waals surface area contributed by atoms with Crippen molar-refractivity contribution in [2.45, 2.75) is 91.6 Å². The van der Waals surface area contributed by atoms with Crippen LogP contribution in [0.15, 0.2) is 22.8 Å². The van der Waals surface area contributed by atoms with Gasteiger partial charge in [-0.15, -0.1) is 0 Å². The summed E-state index contributed by atoms with van der Waals surface area (Å²) in [5, 5.41) is 10.8. The van der Waals surface area contributed by atoms with Crippen molar-refractivity contribution in [2.24, 2.45) is 17.8 Å². The summed E-state index contributed by atoms with van der Waals surface area (Å²) in [5.74, 6) is 1.49. The molecule has 0 spiro atoms. The minimum atomic E-state index is -1.84. The van der Waals surface area contributed by atoms with Gasteiger partial charge in [0.25, 0.3) is 0 Å². The molecule has 3 heteroatoms. The Bertz CT molecular complexity index is 537. The van der Waals surface area contributed by atoms with Crippen LogP contribution in [-0.4, -0.2) is 25.6 Å². The number of hydrogen-bond acceptors (Lipinski definition) is 2. The topological polar surface area (TPSA) is 29.5 Å². The Morgan fingerprint density at radius 1 is 1.21 bits per heavy atom. The highest BCUT2D eigenvalue weighted by Crippen LogP contribution is 2.49. The fourth-order valence-electron chi connectivity index (χ4n) is 4.04. The van der Waals surface area contributed by atoms with Crippen molar-refractivity contribution >= 4 is 8.32 Å². The highest BCUT2D eigenvalue weighted by atomic mass is 28.4. The second-order valence-electron chi connectivity index (χ2n) is 9.84. The molecule has 0 amide bonds. The van der Waals surface area contributed by atoms with E-state index in [0.717, 1.165) is 12.8 Å². The van der Waals surface area contributed by atoms with Crippen LogP contribution in [0.3, 0.4) is 0 Å². The van der Waals surface area contributed by atoms with E-state index in [0.29, 0.717) is 17.8 Å². The summed E-state index contributed by atoms with van der Waals surface area (Å²) in [6.07, 6.45) is 4.11. The average molecular weight is 351 g/mol. The normalized spacial score (nSPS) is 32.0. The average Bonchev–Trinajstić information content (AvgIpc) is 2.43. The molecule has 1 N–H and O–H groups in total. The largest absolute Gasteiger partial charge is 0.410 e. The van der Waals surface area contributed by atoms with E-state index < -0.39 is 8.32 Å². The summed E-state index contributed by atoms with van der Waals surface area (Å²) in [5.41, 5.74) is 4.04. The maximum atomic E-state index is 10.5. The van der Waals surface area contributed by atoms with Crippen LogP contribution in [0.2, 0.25) is 18.1 Å². The molecule has 0 aromatic heterocycles. The molecule has 0 aliphatic heterocycles. The monoisotopic (exact) mass is 350 g/mol. The van der Waals surface area contributed by atoms with E-state index in [9.17, 15) is 5.11 Å². The maximum absolute atomic E-state index is 10.5.